The Balaban J connectivity index is 2.39. The Morgan fingerprint density at radius 1 is 1.54 bits per heavy atom. The van der Waals surface area contributed by atoms with E-state index in [1.165, 1.54) is 0 Å². The fraction of sp³-hybridized carbons (Fsp3) is 1.00. The Morgan fingerprint density at radius 3 is 2.54 bits per heavy atom. The first-order valence-electron chi connectivity index (χ1n) is 4.63. The first-order valence-corrected chi connectivity index (χ1v) is 6.82. The van der Waals surface area contributed by atoms with Gasteiger partial charge in [-0.3, -0.25) is 0 Å². The number of alkyl halides is 1. The third-order valence-electron chi connectivity index (χ3n) is 2.18. The zero-order valence-corrected chi connectivity index (χ0v) is 9.37. The van der Waals surface area contributed by atoms with Crippen molar-refractivity contribution in [3.8, 4) is 0 Å². The lowest BCUT2D eigenvalue weighted by Crippen LogP contribution is -2.37. The van der Waals surface area contributed by atoms with Gasteiger partial charge in [-0.2, -0.15) is 0 Å². The van der Waals surface area contributed by atoms with E-state index in [-0.39, 0.29) is 11.8 Å². The molecule has 5 heteroatoms. The summed E-state index contributed by atoms with van der Waals surface area (Å²) >= 11 is 5.60. The van der Waals surface area contributed by atoms with Crippen molar-refractivity contribution >= 4 is 21.6 Å². The first kappa shape index (κ1) is 11.3. The highest BCUT2D eigenvalue weighted by atomic mass is 35.5. The van der Waals surface area contributed by atoms with Crippen molar-refractivity contribution in [3.05, 3.63) is 0 Å². The third-order valence-corrected chi connectivity index (χ3v) is 4.15. The fourth-order valence-electron chi connectivity index (χ4n) is 1.12. The maximum absolute atomic E-state index is 11.4. The molecule has 0 aromatic carbocycles. The van der Waals surface area contributed by atoms with Crippen LogP contribution in [-0.4, -0.2) is 26.1 Å². The van der Waals surface area contributed by atoms with Gasteiger partial charge in [0.05, 0.1) is 5.75 Å². The van der Waals surface area contributed by atoms with E-state index >= 15 is 0 Å². The average molecular weight is 226 g/mol. The molecule has 1 unspecified atom stereocenters. The number of sulfonamides is 1. The summed E-state index contributed by atoms with van der Waals surface area (Å²) in [4.78, 5) is 0. The summed E-state index contributed by atoms with van der Waals surface area (Å²) in [6.07, 6.45) is 2.85. The maximum Gasteiger partial charge on any atom is 0.212 e. The minimum atomic E-state index is -3.08. The van der Waals surface area contributed by atoms with Crippen molar-refractivity contribution in [3.63, 3.8) is 0 Å². The van der Waals surface area contributed by atoms with E-state index in [1.54, 1.807) is 0 Å². The standard InChI is InChI=1S/C8H16ClNO2S/c1-2-8(5-9)10-13(11,12)6-7-3-4-7/h7-8,10H,2-6H2,1H3. The van der Waals surface area contributed by atoms with Gasteiger partial charge in [-0.05, 0) is 25.2 Å². The van der Waals surface area contributed by atoms with Gasteiger partial charge in [0.25, 0.3) is 0 Å². The summed E-state index contributed by atoms with van der Waals surface area (Å²) in [6, 6.07) is -0.106. The van der Waals surface area contributed by atoms with Crippen LogP contribution in [-0.2, 0) is 10.0 Å². The summed E-state index contributed by atoms with van der Waals surface area (Å²) in [5, 5.41) is 0. The number of rotatable bonds is 6. The molecule has 0 amide bonds. The van der Waals surface area contributed by atoms with Crippen LogP contribution in [0.25, 0.3) is 0 Å². The molecule has 1 N–H and O–H groups in total. The molecule has 0 aromatic heterocycles. The molecule has 0 saturated heterocycles. The zero-order valence-electron chi connectivity index (χ0n) is 7.79. The molecular weight excluding hydrogens is 210 g/mol. The number of hydrogen-bond donors (Lipinski definition) is 1. The average Bonchev–Trinajstić information content (AvgIpc) is 2.83. The minimum Gasteiger partial charge on any atom is -0.212 e. The highest BCUT2D eigenvalue weighted by Crippen LogP contribution is 2.30. The summed E-state index contributed by atoms with van der Waals surface area (Å²) in [5.74, 6) is 1.02. The monoisotopic (exact) mass is 225 g/mol. The van der Waals surface area contributed by atoms with Gasteiger partial charge in [0, 0.05) is 11.9 Å². The number of nitrogens with one attached hydrogen (secondary N) is 1. The van der Waals surface area contributed by atoms with E-state index in [0.717, 1.165) is 19.3 Å². The van der Waals surface area contributed by atoms with Crippen molar-refractivity contribution in [1.82, 2.24) is 4.72 Å². The summed E-state index contributed by atoms with van der Waals surface area (Å²) < 4.78 is 25.5. The second kappa shape index (κ2) is 4.62. The van der Waals surface area contributed by atoms with Crippen LogP contribution in [0.5, 0.6) is 0 Å². The first-order chi connectivity index (χ1) is 6.07. The van der Waals surface area contributed by atoms with Gasteiger partial charge in [-0.15, -0.1) is 11.6 Å². The summed E-state index contributed by atoms with van der Waals surface area (Å²) in [6.45, 7) is 1.92. The van der Waals surface area contributed by atoms with Gasteiger partial charge >= 0.3 is 0 Å². The molecule has 0 aliphatic heterocycles. The highest BCUT2D eigenvalue weighted by molar-refractivity contribution is 7.89. The second-order valence-electron chi connectivity index (χ2n) is 3.60. The Kier molecular flexibility index (Phi) is 4.01. The molecule has 1 aliphatic rings. The molecule has 13 heavy (non-hydrogen) atoms. The van der Waals surface area contributed by atoms with Crippen molar-refractivity contribution in [2.45, 2.75) is 32.2 Å². The molecule has 1 aliphatic carbocycles. The van der Waals surface area contributed by atoms with Gasteiger partial charge in [0.1, 0.15) is 0 Å². The third kappa shape index (κ3) is 4.29. The zero-order chi connectivity index (χ0) is 9.90. The van der Waals surface area contributed by atoms with Crippen molar-refractivity contribution in [2.24, 2.45) is 5.92 Å². The summed E-state index contributed by atoms with van der Waals surface area (Å²) in [7, 11) is -3.08. The van der Waals surface area contributed by atoms with Crippen LogP contribution >= 0.6 is 11.6 Å². The van der Waals surface area contributed by atoms with Crippen LogP contribution in [0.15, 0.2) is 0 Å². The molecule has 3 nitrogen and oxygen atoms in total. The van der Waals surface area contributed by atoms with Crippen molar-refractivity contribution in [1.29, 1.82) is 0 Å². The fourth-order valence-corrected chi connectivity index (χ4v) is 3.32. The largest absolute Gasteiger partial charge is 0.212 e. The maximum atomic E-state index is 11.4. The highest BCUT2D eigenvalue weighted by Gasteiger charge is 2.28. The van der Waals surface area contributed by atoms with E-state index in [0.29, 0.717) is 11.8 Å². The van der Waals surface area contributed by atoms with Crippen LogP contribution < -0.4 is 4.72 Å². The van der Waals surface area contributed by atoms with Crippen LogP contribution in [0.3, 0.4) is 0 Å². The number of halogens is 1. The quantitative estimate of drug-likeness (QED) is 0.694. The minimum absolute atomic E-state index is 0.106. The SMILES string of the molecule is CCC(CCl)NS(=O)(=O)CC1CC1. The van der Waals surface area contributed by atoms with E-state index in [4.69, 9.17) is 11.6 Å². The lowest BCUT2D eigenvalue weighted by Gasteiger charge is -2.13. The molecule has 0 radical (unpaired) electrons. The molecule has 0 bridgehead atoms. The molecule has 0 aromatic rings. The van der Waals surface area contributed by atoms with Crippen LogP contribution in [0, 0.1) is 5.92 Å². The van der Waals surface area contributed by atoms with Crippen LogP contribution in [0.1, 0.15) is 26.2 Å². The summed E-state index contributed by atoms with van der Waals surface area (Å²) in [5.41, 5.74) is 0. The Labute approximate surface area is 84.9 Å². The van der Waals surface area contributed by atoms with E-state index in [9.17, 15) is 8.42 Å². The van der Waals surface area contributed by atoms with E-state index < -0.39 is 10.0 Å². The van der Waals surface area contributed by atoms with Crippen LogP contribution in [0.4, 0.5) is 0 Å². The van der Waals surface area contributed by atoms with Gasteiger partial charge < -0.3 is 0 Å². The van der Waals surface area contributed by atoms with E-state index in [1.807, 2.05) is 6.92 Å². The second-order valence-corrected chi connectivity index (χ2v) is 5.71. The smallest absolute Gasteiger partial charge is 0.212 e. The van der Waals surface area contributed by atoms with Gasteiger partial charge in [-0.25, -0.2) is 13.1 Å². The molecule has 0 heterocycles. The molecule has 0 spiro atoms. The molecule has 1 atom stereocenters. The van der Waals surface area contributed by atoms with Gasteiger partial charge in [-0.1, -0.05) is 6.92 Å². The molecule has 1 fully saturated rings. The predicted octanol–water partition coefficient (Wildman–Crippen LogP) is 1.33. The molecule has 1 rings (SSSR count). The Hall–Kier alpha value is 0.200. The molecule has 78 valence electrons. The van der Waals surface area contributed by atoms with Gasteiger partial charge in [0.2, 0.25) is 10.0 Å². The normalized spacial score (nSPS) is 20.2. The van der Waals surface area contributed by atoms with Crippen molar-refractivity contribution in [2.75, 3.05) is 11.6 Å². The van der Waals surface area contributed by atoms with Gasteiger partial charge in [0.15, 0.2) is 0 Å². The lowest BCUT2D eigenvalue weighted by molar-refractivity contribution is 0.554. The number of hydrogen-bond acceptors (Lipinski definition) is 2. The van der Waals surface area contributed by atoms with E-state index in [2.05, 4.69) is 4.72 Å². The lowest BCUT2D eigenvalue weighted by atomic mass is 10.3. The van der Waals surface area contributed by atoms with Crippen molar-refractivity contribution < 1.29 is 8.42 Å². The Morgan fingerprint density at radius 2 is 2.15 bits per heavy atom. The Bertz CT molecular complexity index is 245. The molecular formula is C8H16ClNO2S. The topological polar surface area (TPSA) is 46.2 Å². The molecule has 1 saturated carbocycles. The van der Waals surface area contributed by atoms with Crippen LogP contribution in [0.2, 0.25) is 0 Å². The predicted molar refractivity (Wildman–Crippen MR) is 54.4 cm³/mol.